The van der Waals surface area contributed by atoms with E-state index < -0.39 is 15.7 Å². The van der Waals surface area contributed by atoms with Crippen LogP contribution in [0.1, 0.15) is 16.8 Å². The largest absolute Gasteiger partial charge is 0.357 e. The van der Waals surface area contributed by atoms with E-state index in [4.69, 9.17) is 4.28 Å². The molecule has 0 atom stereocenters. The van der Waals surface area contributed by atoms with Gasteiger partial charge in [0.15, 0.2) is 0 Å². The van der Waals surface area contributed by atoms with Crippen LogP contribution < -0.4 is 9.84 Å². The third-order valence-corrected chi connectivity index (χ3v) is 5.29. The monoisotopic (exact) mass is 369 g/mol. The molecular weight excluding hydrogens is 350 g/mol. The van der Waals surface area contributed by atoms with Gasteiger partial charge in [0.1, 0.15) is 4.90 Å². The van der Waals surface area contributed by atoms with Gasteiger partial charge in [-0.2, -0.15) is 8.42 Å². The molecule has 2 aromatic rings. The zero-order valence-corrected chi connectivity index (χ0v) is 15.4. The summed E-state index contributed by atoms with van der Waals surface area (Å²) in [6.07, 6.45) is 7.57. The molecule has 0 fully saturated rings. The zero-order chi connectivity index (χ0) is 18.9. The van der Waals surface area contributed by atoms with Crippen LogP contribution in [0.15, 0.2) is 77.0 Å². The van der Waals surface area contributed by atoms with Crippen LogP contribution in [-0.4, -0.2) is 13.1 Å². The van der Waals surface area contributed by atoms with E-state index in [1.807, 2.05) is 31.2 Å². The predicted molar refractivity (Wildman–Crippen MR) is 101 cm³/mol. The molecule has 0 N–H and O–H groups in total. The SMILES string of the molecule is C=C(c1cc(C)cc(=O)n1OS(=O)(=O)c1ccc(C)cc1)C1C=CC=C1. The van der Waals surface area contributed by atoms with Crippen molar-refractivity contribution in [1.82, 2.24) is 4.73 Å². The van der Waals surface area contributed by atoms with Gasteiger partial charge in [-0.1, -0.05) is 48.6 Å². The Morgan fingerprint density at radius 2 is 1.65 bits per heavy atom. The first-order valence-corrected chi connectivity index (χ1v) is 9.48. The number of aryl methyl sites for hydroxylation is 2. The fourth-order valence-electron chi connectivity index (χ4n) is 2.67. The van der Waals surface area contributed by atoms with Crippen LogP contribution in [0.3, 0.4) is 0 Å². The summed E-state index contributed by atoms with van der Waals surface area (Å²) in [7, 11) is -4.16. The van der Waals surface area contributed by atoms with Gasteiger partial charge >= 0.3 is 10.1 Å². The van der Waals surface area contributed by atoms with Crippen molar-refractivity contribution in [3.05, 3.63) is 94.5 Å². The van der Waals surface area contributed by atoms with Gasteiger partial charge in [0.25, 0.3) is 5.56 Å². The van der Waals surface area contributed by atoms with E-state index in [1.54, 1.807) is 25.1 Å². The van der Waals surface area contributed by atoms with Crippen molar-refractivity contribution in [1.29, 1.82) is 0 Å². The maximum absolute atomic E-state index is 12.6. The maximum atomic E-state index is 12.6. The molecule has 134 valence electrons. The second kappa shape index (κ2) is 6.80. The molecule has 0 radical (unpaired) electrons. The first kappa shape index (κ1) is 17.9. The first-order chi connectivity index (χ1) is 12.3. The standard InChI is InChI=1S/C20H19NO4S/c1-14-8-10-18(11-9-14)26(23,24)25-21-19(12-15(2)13-20(21)22)16(3)17-6-4-5-7-17/h4-13,17H,3H2,1-2H3. The molecule has 0 aliphatic heterocycles. The lowest BCUT2D eigenvalue weighted by atomic mass is 9.98. The summed E-state index contributed by atoms with van der Waals surface area (Å²) in [5.41, 5.74) is 1.96. The van der Waals surface area contributed by atoms with E-state index in [1.165, 1.54) is 18.2 Å². The lowest BCUT2D eigenvalue weighted by molar-refractivity contribution is 0.263. The molecule has 0 bridgehead atoms. The summed E-state index contributed by atoms with van der Waals surface area (Å²) in [5, 5.41) is 0. The van der Waals surface area contributed by atoms with E-state index in [0.29, 0.717) is 16.8 Å². The van der Waals surface area contributed by atoms with Crippen molar-refractivity contribution in [3.8, 4) is 0 Å². The number of nitrogens with zero attached hydrogens (tertiary/aromatic N) is 1. The Kier molecular flexibility index (Phi) is 4.70. The number of benzene rings is 1. The number of hydrogen-bond acceptors (Lipinski definition) is 4. The number of aromatic nitrogens is 1. The lowest BCUT2D eigenvalue weighted by Crippen LogP contribution is -2.33. The predicted octanol–water partition coefficient (Wildman–Crippen LogP) is 3.04. The summed E-state index contributed by atoms with van der Waals surface area (Å²) in [6.45, 7) is 7.64. The van der Waals surface area contributed by atoms with E-state index in [0.717, 1.165) is 10.3 Å². The molecular formula is C20H19NO4S. The van der Waals surface area contributed by atoms with Gasteiger partial charge < -0.3 is 0 Å². The third kappa shape index (κ3) is 3.55. The van der Waals surface area contributed by atoms with E-state index in [2.05, 4.69) is 6.58 Å². The van der Waals surface area contributed by atoms with Crippen molar-refractivity contribution in [2.75, 3.05) is 0 Å². The van der Waals surface area contributed by atoms with Crippen LogP contribution in [0.4, 0.5) is 0 Å². The Bertz CT molecular complexity index is 1060. The van der Waals surface area contributed by atoms with Gasteiger partial charge in [-0.15, -0.1) is 4.73 Å². The Morgan fingerprint density at radius 3 is 2.27 bits per heavy atom. The molecule has 6 heteroatoms. The summed E-state index contributed by atoms with van der Waals surface area (Å²) < 4.78 is 31.2. The van der Waals surface area contributed by atoms with Gasteiger partial charge in [-0.25, -0.2) is 0 Å². The Balaban J connectivity index is 2.05. The minimum atomic E-state index is -4.16. The van der Waals surface area contributed by atoms with Crippen molar-refractivity contribution >= 4 is 15.7 Å². The molecule has 5 nitrogen and oxygen atoms in total. The van der Waals surface area contributed by atoms with Gasteiger partial charge in [0.05, 0.1) is 5.69 Å². The molecule has 3 rings (SSSR count). The second-order valence-electron chi connectivity index (χ2n) is 6.21. The number of rotatable bonds is 5. The van der Waals surface area contributed by atoms with E-state index >= 15 is 0 Å². The summed E-state index contributed by atoms with van der Waals surface area (Å²) in [4.78, 5) is 12.4. The van der Waals surface area contributed by atoms with Crippen LogP contribution in [0, 0.1) is 19.8 Å². The van der Waals surface area contributed by atoms with Crippen LogP contribution in [-0.2, 0) is 10.1 Å². The van der Waals surface area contributed by atoms with Crippen molar-refractivity contribution < 1.29 is 12.7 Å². The lowest BCUT2D eigenvalue weighted by Gasteiger charge is -2.17. The number of allylic oxidation sites excluding steroid dienone is 5. The quantitative estimate of drug-likeness (QED) is 0.813. The summed E-state index contributed by atoms with van der Waals surface area (Å²) in [5.74, 6) is -0.117. The van der Waals surface area contributed by atoms with Crippen LogP contribution in [0.2, 0.25) is 0 Å². The van der Waals surface area contributed by atoms with Crippen molar-refractivity contribution in [2.24, 2.45) is 5.92 Å². The highest BCUT2D eigenvalue weighted by atomic mass is 32.2. The van der Waals surface area contributed by atoms with E-state index in [-0.39, 0.29) is 10.8 Å². The minimum Gasteiger partial charge on any atom is -0.280 e. The third-order valence-electron chi connectivity index (χ3n) is 4.10. The molecule has 0 unspecified atom stereocenters. The highest BCUT2D eigenvalue weighted by Crippen LogP contribution is 2.26. The van der Waals surface area contributed by atoms with Gasteiger partial charge in [0, 0.05) is 12.0 Å². The zero-order valence-electron chi connectivity index (χ0n) is 14.5. The van der Waals surface area contributed by atoms with Crippen molar-refractivity contribution in [3.63, 3.8) is 0 Å². The minimum absolute atomic E-state index is 0.0206. The summed E-state index contributed by atoms with van der Waals surface area (Å²) >= 11 is 0. The van der Waals surface area contributed by atoms with Crippen LogP contribution in [0.5, 0.6) is 0 Å². The van der Waals surface area contributed by atoms with Gasteiger partial charge in [0.2, 0.25) is 0 Å². The molecule has 1 aromatic heterocycles. The molecule has 0 saturated heterocycles. The molecule has 0 saturated carbocycles. The smallest absolute Gasteiger partial charge is 0.280 e. The van der Waals surface area contributed by atoms with Crippen LogP contribution in [0.25, 0.3) is 5.57 Å². The van der Waals surface area contributed by atoms with Crippen LogP contribution >= 0.6 is 0 Å². The highest BCUT2D eigenvalue weighted by Gasteiger charge is 2.22. The topological polar surface area (TPSA) is 65.4 Å². The Hall–Kier alpha value is -2.86. The fraction of sp³-hybridized carbons (Fsp3) is 0.150. The summed E-state index contributed by atoms with van der Waals surface area (Å²) in [6, 6.07) is 9.24. The number of pyridine rings is 1. The Labute approximate surface area is 152 Å². The molecule has 0 amide bonds. The normalized spacial score (nSPS) is 13.9. The second-order valence-corrected chi connectivity index (χ2v) is 7.74. The first-order valence-electron chi connectivity index (χ1n) is 8.07. The maximum Gasteiger partial charge on any atom is 0.357 e. The Morgan fingerprint density at radius 1 is 1.04 bits per heavy atom. The molecule has 26 heavy (non-hydrogen) atoms. The van der Waals surface area contributed by atoms with Gasteiger partial charge in [-0.05, 0) is 43.2 Å². The molecule has 1 aromatic carbocycles. The average Bonchev–Trinajstić information content (AvgIpc) is 3.11. The highest BCUT2D eigenvalue weighted by molar-refractivity contribution is 7.87. The fourth-order valence-corrected chi connectivity index (χ4v) is 3.57. The van der Waals surface area contributed by atoms with E-state index in [9.17, 15) is 13.2 Å². The molecule has 1 aliphatic carbocycles. The average molecular weight is 369 g/mol. The molecule has 1 heterocycles. The van der Waals surface area contributed by atoms with Crippen molar-refractivity contribution in [2.45, 2.75) is 18.7 Å². The molecule has 0 spiro atoms. The number of hydrogen-bond donors (Lipinski definition) is 0. The van der Waals surface area contributed by atoms with Gasteiger partial charge in [-0.3, -0.25) is 9.08 Å². The molecule has 1 aliphatic rings.